The molecule has 0 aliphatic rings. The number of amides is 1. The molecule has 0 saturated heterocycles. The van der Waals surface area contributed by atoms with Crippen LogP contribution >= 0.6 is 35.0 Å². The van der Waals surface area contributed by atoms with Crippen molar-refractivity contribution in [3.63, 3.8) is 0 Å². The lowest BCUT2D eigenvalue weighted by Crippen LogP contribution is -2.19. The van der Waals surface area contributed by atoms with E-state index in [-0.39, 0.29) is 15.1 Å². The fourth-order valence-corrected chi connectivity index (χ4v) is 3.82. The lowest BCUT2D eigenvalue weighted by atomic mass is 10.2. The number of carbonyl (C=O) groups is 1. The lowest BCUT2D eigenvalue weighted by molar-refractivity contribution is -0.141. The highest BCUT2D eigenvalue weighted by Gasteiger charge is 2.41. The molecular weight excluding hydrogens is 472 g/mol. The van der Waals surface area contributed by atoms with E-state index >= 15 is 0 Å². The molecule has 12 heteroatoms. The zero-order valence-corrected chi connectivity index (χ0v) is 17.1. The molecule has 1 heterocycles. The largest absolute Gasteiger partial charge is 0.436 e. The molecule has 0 atom stereocenters. The average Bonchev–Trinajstić information content (AvgIpc) is 2.97. The molecule has 0 bridgehead atoms. The van der Waals surface area contributed by atoms with Crippen LogP contribution in [0.25, 0.3) is 0 Å². The zero-order chi connectivity index (χ0) is 22.2. The number of carbonyl (C=O) groups excluding carboxylic acids is 1. The van der Waals surface area contributed by atoms with Gasteiger partial charge in [0.25, 0.3) is 5.91 Å². The molecule has 1 amide bonds. The van der Waals surface area contributed by atoms with Crippen molar-refractivity contribution in [2.24, 2.45) is 7.05 Å². The Labute approximate surface area is 181 Å². The predicted molar refractivity (Wildman–Crippen MR) is 103 cm³/mol. The summed E-state index contributed by atoms with van der Waals surface area (Å²) >= 11 is 12.6. The van der Waals surface area contributed by atoms with Crippen LogP contribution in [0.1, 0.15) is 16.1 Å². The molecule has 0 radical (unpaired) electrons. The molecule has 3 rings (SSSR count). The highest BCUT2D eigenvalue weighted by molar-refractivity contribution is 7.99. The van der Waals surface area contributed by atoms with Gasteiger partial charge in [0, 0.05) is 18.0 Å². The van der Waals surface area contributed by atoms with Crippen molar-refractivity contribution in [3.8, 4) is 0 Å². The summed E-state index contributed by atoms with van der Waals surface area (Å²) in [6, 6.07) is 6.61. The number of anilines is 1. The van der Waals surface area contributed by atoms with Gasteiger partial charge in [-0.15, -0.1) is 0 Å². The molecule has 0 aliphatic carbocycles. The van der Waals surface area contributed by atoms with Gasteiger partial charge in [-0.25, -0.2) is 8.78 Å². The van der Waals surface area contributed by atoms with Crippen LogP contribution in [-0.4, -0.2) is 15.7 Å². The Hall–Kier alpha value is -2.30. The monoisotopic (exact) mass is 481 g/mol. The van der Waals surface area contributed by atoms with Gasteiger partial charge in [-0.05, 0) is 30.3 Å². The van der Waals surface area contributed by atoms with Crippen molar-refractivity contribution >= 4 is 46.6 Å². The maximum atomic E-state index is 13.9. The number of hydrogen-bond donors (Lipinski definition) is 1. The second-order valence-electron chi connectivity index (χ2n) is 5.91. The Bertz CT molecular complexity index is 1130. The van der Waals surface area contributed by atoms with Crippen molar-refractivity contribution in [1.29, 1.82) is 0 Å². The van der Waals surface area contributed by atoms with Crippen molar-refractivity contribution in [3.05, 3.63) is 69.3 Å². The van der Waals surface area contributed by atoms with Gasteiger partial charge in [-0.1, -0.05) is 35.0 Å². The predicted octanol–water partition coefficient (Wildman–Crippen LogP) is 6.43. The molecule has 1 aromatic heterocycles. The van der Waals surface area contributed by atoms with Crippen LogP contribution in [0.3, 0.4) is 0 Å². The third-order valence-corrected chi connectivity index (χ3v) is 5.67. The van der Waals surface area contributed by atoms with Gasteiger partial charge in [-0.3, -0.25) is 9.48 Å². The van der Waals surface area contributed by atoms with E-state index in [4.69, 9.17) is 23.2 Å². The second-order valence-corrected chi connectivity index (χ2v) is 7.78. The number of nitrogens with one attached hydrogen (secondary N) is 1. The standard InChI is InChI=1S/C18H10Cl2F5N3OS/c1-28-17(30-9-3-4-10(19)11(20)7-9)14(15(27-28)18(23,24)25)16(29)26-13-5-2-8(21)6-12(13)22/h2-7H,1H3,(H,26,29). The number of aromatic nitrogens is 2. The van der Waals surface area contributed by atoms with Crippen LogP contribution in [0.2, 0.25) is 10.0 Å². The van der Waals surface area contributed by atoms with E-state index in [0.717, 1.165) is 28.6 Å². The van der Waals surface area contributed by atoms with Gasteiger partial charge >= 0.3 is 6.18 Å². The quantitative estimate of drug-likeness (QED) is 0.437. The van der Waals surface area contributed by atoms with E-state index in [9.17, 15) is 26.7 Å². The van der Waals surface area contributed by atoms with E-state index in [2.05, 4.69) is 5.10 Å². The molecular formula is C18H10Cl2F5N3OS. The van der Waals surface area contributed by atoms with Gasteiger partial charge < -0.3 is 5.32 Å². The summed E-state index contributed by atoms with van der Waals surface area (Å²) < 4.78 is 68.3. The number of rotatable bonds is 4. The van der Waals surface area contributed by atoms with Gasteiger partial charge in [0.2, 0.25) is 0 Å². The van der Waals surface area contributed by atoms with Crippen molar-refractivity contribution < 1.29 is 26.7 Å². The number of aryl methyl sites for hydroxylation is 1. The first-order valence-electron chi connectivity index (χ1n) is 8.01. The summed E-state index contributed by atoms with van der Waals surface area (Å²) in [5.74, 6) is -3.30. The third-order valence-electron chi connectivity index (χ3n) is 3.78. The maximum absolute atomic E-state index is 13.9. The molecule has 0 saturated carbocycles. The minimum atomic E-state index is -4.96. The number of halogens is 7. The Morgan fingerprint density at radius 1 is 1.10 bits per heavy atom. The second kappa shape index (κ2) is 8.44. The molecule has 158 valence electrons. The minimum Gasteiger partial charge on any atom is -0.319 e. The highest BCUT2D eigenvalue weighted by Crippen LogP contribution is 2.40. The summed E-state index contributed by atoms with van der Waals surface area (Å²) in [6.07, 6.45) is -4.96. The topological polar surface area (TPSA) is 46.9 Å². The van der Waals surface area contributed by atoms with Crippen LogP contribution in [0.4, 0.5) is 27.6 Å². The van der Waals surface area contributed by atoms with Crippen molar-refractivity contribution in [1.82, 2.24) is 9.78 Å². The van der Waals surface area contributed by atoms with Crippen LogP contribution in [0.5, 0.6) is 0 Å². The molecule has 0 aliphatic heterocycles. The SMILES string of the molecule is Cn1nc(C(F)(F)F)c(C(=O)Nc2ccc(F)cc2F)c1Sc1ccc(Cl)c(Cl)c1. The van der Waals surface area contributed by atoms with E-state index in [1.54, 1.807) is 0 Å². The van der Waals surface area contributed by atoms with Gasteiger partial charge in [-0.2, -0.15) is 18.3 Å². The molecule has 1 N–H and O–H groups in total. The number of hydrogen-bond acceptors (Lipinski definition) is 3. The maximum Gasteiger partial charge on any atom is 0.436 e. The van der Waals surface area contributed by atoms with E-state index in [1.807, 2.05) is 5.32 Å². The summed E-state index contributed by atoms with van der Waals surface area (Å²) in [5, 5.41) is 5.69. The Balaban J connectivity index is 2.06. The first-order valence-corrected chi connectivity index (χ1v) is 9.58. The van der Waals surface area contributed by atoms with Crippen molar-refractivity contribution in [2.75, 3.05) is 5.32 Å². The molecule has 2 aromatic carbocycles. The number of alkyl halides is 3. The van der Waals surface area contributed by atoms with Crippen LogP contribution in [0.15, 0.2) is 46.3 Å². The van der Waals surface area contributed by atoms with Crippen LogP contribution in [-0.2, 0) is 13.2 Å². The van der Waals surface area contributed by atoms with E-state index in [1.165, 1.54) is 25.2 Å². The Morgan fingerprint density at radius 2 is 1.80 bits per heavy atom. The normalized spacial score (nSPS) is 11.6. The molecule has 4 nitrogen and oxygen atoms in total. The summed E-state index contributed by atoms with van der Waals surface area (Å²) in [5.41, 5.74) is -2.75. The lowest BCUT2D eigenvalue weighted by Gasteiger charge is -2.11. The Kier molecular flexibility index (Phi) is 6.30. The zero-order valence-electron chi connectivity index (χ0n) is 14.8. The van der Waals surface area contributed by atoms with Crippen LogP contribution in [0, 0.1) is 11.6 Å². The minimum absolute atomic E-state index is 0.166. The molecule has 0 unspecified atom stereocenters. The fraction of sp³-hybridized carbons (Fsp3) is 0.111. The summed E-state index contributed by atoms with van der Waals surface area (Å²) in [7, 11) is 1.23. The summed E-state index contributed by atoms with van der Waals surface area (Å²) in [6.45, 7) is 0. The first kappa shape index (κ1) is 22.4. The third kappa shape index (κ3) is 4.71. The Morgan fingerprint density at radius 3 is 2.40 bits per heavy atom. The summed E-state index contributed by atoms with van der Waals surface area (Å²) in [4.78, 5) is 13.1. The van der Waals surface area contributed by atoms with Crippen LogP contribution < -0.4 is 5.32 Å². The van der Waals surface area contributed by atoms with Gasteiger partial charge in [0.1, 0.15) is 22.2 Å². The average molecular weight is 482 g/mol. The fourth-order valence-electron chi connectivity index (χ4n) is 2.46. The number of nitrogens with zero attached hydrogens (tertiary/aromatic N) is 2. The van der Waals surface area contributed by atoms with E-state index < -0.39 is 40.7 Å². The molecule has 0 fully saturated rings. The molecule has 0 spiro atoms. The first-order chi connectivity index (χ1) is 14.0. The van der Waals surface area contributed by atoms with E-state index in [0.29, 0.717) is 11.0 Å². The molecule has 3 aromatic rings. The van der Waals surface area contributed by atoms with Gasteiger partial charge in [0.15, 0.2) is 5.69 Å². The van der Waals surface area contributed by atoms with Gasteiger partial charge in [0.05, 0.1) is 15.7 Å². The molecule has 30 heavy (non-hydrogen) atoms. The number of benzene rings is 2. The smallest absolute Gasteiger partial charge is 0.319 e. The van der Waals surface area contributed by atoms with Crippen molar-refractivity contribution in [2.45, 2.75) is 16.1 Å². The highest BCUT2D eigenvalue weighted by atomic mass is 35.5.